The van der Waals surface area contributed by atoms with E-state index < -0.39 is 5.60 Å². The van der Waals surface area contributed by atoms with Gasteiger partial charge in [-0.3, -0.25) is 9.59 Å². The highest BCUT2D eigenvalue weighted by atomic mass is 16.6. The van der Waals surface area contributed by atoms with Crippen LogP contribution in [0.4, 0.5) is 0 Å². The van der Waals surface area contributed by atoms with Gasteiger partial charge in [0.1, 0.15) is 5.60 Å². The fourth-order valence-electron chi connectivity index (χ4n) is 4.87. The molecule has 4 fully saturated rings. The number of ether oxygens (including phenoxy) is 3. The normalized spacial score (nSPS) is 38.0. The van der Waals surface area contributed by atoms with Gasteiger partial charge in [-0.1, -0.05) is 0 Å². The van der Waals surface area contributed by atoms with Crippen LogP contribution in [-0.2, 0) is 25.5 Å². The number of hydrogen-bond donors (Lipinski definition) is 0. The van der Waals surface area contributed by atoms with Gasteiger partial charge in [0.2, 0.25) is 5.91 Å². The first-order valence-electron chi connectivity index (χ1n) is 9.79. The predicted molar refractivity (Wildman–Crippen MR) is 94.0 cm³/mol. The lowest BCUT2D eigenvalue weighted by atomic mass is 9.99. The fourth-order valence-corrected chi connectivity index (χ4v) is 4.87. The molecule has 3 saturated heterocycles. The lowest BCUT2D eigenvalue weighted by Crippen LogP contribution is -2.47. The van der Waals surface area contributed by atoms with Gasteiger partial charge in [-0.05, 0) is 30.7 Å². The van der Waals surface area contributed by atoms with E-state index in [1.807, 2.05) is 4.90 Å². The van der Waals surface area contributed by atoms with Crippen LogP contribution in [0.3, 0.4) is 0 Å². The molecule has 1 aromatic heterocycles. The minimum atomic E-state index is -0.476. The molecule has 0 N–H and O–H groups in total. The molecule has 0 radical (unpaired) electrons. The monoisotopic (exact) mass is 375 g/mol. The summed E-state index contributed by atoms with van der Waals surface area (Å²) >= 11 is 0. The van der Waals surface area contributed by atoms with Crippen molar-refractivity contribution in [3.8, 4) is 0 Å². The van der Waals surface area contributed by atoms with Gasteiger partial charge in [0.15, 0.2) is 0 Å². The van der Waals surface area contributed by atoms with E-state index >= 15 is 0 Å². The van der Waals surface area contributed by atoms with E-state index in [0.29, 0.717) is 57.9 Å². The largest absolute Gasteiger partial charge is 0.381 e. The van der Waals surface area contributed by atoms with Crippen molar-refractivity contribution in [2.75, 3.05) is 39.5 Å². The summed E-state index contributed by atoms with van der Waals surface area (Å²) in [5.41, 5.74) is -0.603. The van der Waals surface area contributed by atoms with Gasteiger partial charge < -0.3 is 19.1 Å². The number of hydrogen-bond acceptors (Lipinski definition) is 6. The molecule has 27 heavy (non-hydrogen) atoms. The van der Waals surface area contributed by atoms with Crippen LogP contribution >= 0.6 is 0 Å². The Morgan fingerprint density at radius 2 is 2.15 bits per heavy atom. The van der Waals surface area contributed by atoms with E-state index in [1.165, 1.54) is 10.7 Å². The molecule has 5 rings (SSSR count). The number of nitrogens with zero attached hydrogens (tertiary/aromatic N) is 3. The lowest BCUT2D eigenvalue weighted by Gasteiger charge is -2.32. The van der Waals surface area contributed by atoms with Crippen molar-refractivity contribution in [3.63, 3.8) is 0 Å². The number of aromatic nitrogens is 2. The Kier molecular flexibility index (Phi) is 4.29. The second-order valence-electron chi connectivity index (χ2n) is 8.21. The molecule has 0 aromatic carbocycles. The third-order valence-electron chi connectivity index (χ3n) is 6.40. The highest BCUT2D eigenvalue weighted by Gasteiger charge is 2.59. The Bertz CT molecular complexity index is 773. The molecule has 1 amide bonds. The van der Waals surface area contributed by atoms with Crippen LogP contribution in [0, 0.1) is 17.8 Å². The molecule has 3 aliphatic heterocycles. The Hall–Kier alpha value is -1.77. The van der Waals surface area contributed by atoms with Crippen LogP contribution in [-0.4, -0.2) is 71.8 Å². The molecule has 4 heterocycles. The maximum Gasteiger partial charge on any atom is 0.266 e. The molecule has 1 spiro atoms. The number of carbonyl (C=O) groups excluding carboxylic acids is 1. The molecule has 8 nitrogen and oxygen atoms in total. The van der Waals surface area contributed by atoms with Gasteiger partial charge in [-0.15, -0.1) is 0 Å². The van der Waals surface area contributed by atoms with Crippen LogP contribution in [0.2, 0.25) is 0 Å². The topological polar surface area (TPSA) is 82.9 Å². The number of carbonyl (C=O) groups is 1. The van der Waals surface area contributed by atoms with E-state index in [2.05, 4.69) is 5.10 Å². The minimum Gasteiger partial charge on any atom is -0.381 e. The fraction of sp³-hybridized carbons (Fsp3) is 0.737. The lowest BCUT2D eigenvalue weighted by molar-refractivity contribution is -0.139. The average molecular weight is 375 g/mol. The van der Waals surface area contributed by atoms with Crippen molar-refractivity contribution < 1.29 is 19.0 Å². The number of amides is 1. The summed E-state index contributed by atoms with van der Waals surface area (Å²) < 4.78 is 19.0. The average Bonchev–Trinajstić information content (AvgIpc) is 2.98. The Labute approximate surface area is 157 Å². The molecule has 0 bridgehead atoms. The summed E-state index contributed by atoms with van der Waals surface area (Å²) in [4.78, 5) is 26.8. The summed E-state index contributed by atoms with van der Waals surface area (Å²) in [6.45, 7) is 4.08. The number of fused-ring (bicyclic) bond motifs is 1. The Balaban J connectivity index is 1.26. The summed E-state index contributed by atoms with van der Waals surface area (Å²) in [5.74, 6) is 1.17. The third-order valence-corrected chi connectivity index (χ3v) is 6.40. The van der Waals surface area contributed by atoms with Crippen molar-refractivity contribution in [3.05, 3.63) is 28.7 Å². The van der Waals surface area contributed by atoms with Gasteiger partial charge >= 0.3 is 0 Å². The van der Waals surface area contributed by atoms with E-state index in [9.17, 15) is 9.59 Å². The molecular formula is C19H25N3O5. The first kappa shape index (κ1) is 17.3. The summed E-state index contributed by atoms with van der Waals surface area (Å²) in [6.07, 6.45) is 3.17. The first-order chi connectivity index (χ1) is 13.2. The second kappa shape index (κ2) is 6.68. The highest BCUT2D eigenvalue weighted by Crippen LogP contribution is 2.51. The molecule has 5 atom stereocenters. The molecule has 8 heteroatoms. The van der Waals surface area contributed by atoms with Gasteiger partial charge in [0, 0.05) is 24.7 Å². The predicted octanol–water partition coefficient (Wildman–Crippen LogP) is -0.0877. The molecule has 1 aliphatic carbocycles. The van der Waals surface area contributed by atoms with Gasteiger partial charge in [0.05, 0.1) is 45.6 Å². The molecule has 2 unspecified atom stereocenters. The number of rotatable bonds is 3. The third kappa shape index (κ3) is 3.19. The smallest absolute Gasteiger partial charge is 0.266 e. The van der Waals surface area contributed by atoms with E-state index in [-0.39, 0.29) is 23.5 Å². The standard InChI is InChI=1S/C19H25N3O5/c23-16-2-1-5-20-22(16)8-13-3-4-19(27-13)11-21(6-7-25-12-19)18(24)17-14-9-26-10-15(14)17/h1-2,5,13-15,17H,3-4,6-12H2/t13?,14-,15+,17?,19-/m0/s1. The SMILES string of the molecule is O=C(C1[C@H]2COC[C@@H]12)N1CCOC[C@]2(CCC(Cn3ncccc3=O)O2)C1. The van der Waals surface area contributed by atoms with Crippen molar-refractivity contribution >= 4 is 5.91 Å². The van der Waals surface area contributed by atoms with E-state index in [0.717, 1.165) is 12.8 Å². The maximum absolute atomic E-state index is 13.0. The Morgan fingerprint density at radius 3 is 2.96 bits per heavy atom. The van der Waals surface area contributed by atoms with E-state index in [4.69, 9.17) is 14.2 Å². The van der Waals surface area contributed by atoms with Crippen molar-refractivity contribution in [2.45, 2.75) is 31.1 Å². The first-order valence-corrected chi connectivity index (χ1v) is 9.79. The zero-order valence-electron chi connectivity index (χ0n) is 15.3. The van der Waals surface area contributed by atoms with Gasteiger partial charge in [0.25, 0.3) is 5.56 Å². The van der Waals surface area contributed by atoms with Crippen molar-refractivity contribution in [1.29, 1.82) is 0 Å². The molecular weight excluding hydrogens is 350 g/mol. The van der Waals surface area contributed by atoms with Crippen LogP contribution in [0.15, 0.2) is 23.1 Å². The van der Waals surface area contributed by atoms with Crippen LogP contribution in [0.25, 0.3) is 0 Å². The summed E-state index contributed by atoms with van der Waals surface area (Å²) in [7, 11) is 0. The molecule has 1 aromatic rings. The van der Waals surface area contributed by atoms with Crippen LogP contribution in [0.1, 0.15) is 12.8 Å². The van der Waals surface area contributed by atoms with Crippen LogP contribution in [0.5, 0.6) is 0 Å². The highest BCUT2D eigenvalue weighted by molar-refractivity contribution is 5.82. The van der Waals surface area contributed by atoms with Crippen molar-refractivity contribution in [2.24, 2.45) is 17.8 Å². The summed E-state index contributed by atoms with van der Waals surface area (Å²) in [5, 5.41) is 4.12. The van der Waals surface area contributed by atoms with Crippen LogP contribution < -0.4 is 5.56 Å². The zero-order valence-corrected chi connectivity index (χ0v) is 15.3. The molecule has 146 valence electrons. The quantitative estimate of drug-likeness (QED) is 0.735. The maximum atomic E-state index is 13.0. The molecule has 1 saturated carbocycles. The van der Waals surface area contributed by atoms with Gasteiger partial charge in [-0.25, -0.2) is 4.68 Å². The zero-order chi connectivity index (χ0) is 18.4. The second-order valence-corrected chi connectivity index (χ2v) is 8.21. The summed E-state index contributed by atoms with van der Waals surface area (Å²) in [6, 6.07) is 3.14. The van der Waals surface area contributed by atoms with E-state index in [1.54, 1.807) is 12.3 Å². The molecule has 4 aliphatic rings. The van der Waals surface area contributed by atoms with Gasteiger partial charge in [-0.2, -0.15) is 5.10 Å². The van der Waals surface area contributed by atoms with Crippen molar-refractivity contribution in [1.82, 2.24) is 14.7 Å². The Morgan fingerprint density at radius 1 is 1.30 bits per heavy atom. The minimum absolute atomic E-state index is 0.0926.